The third kappa shape index (κ3) is 4.79. The first-order chi connectivity index (χ1) is 14.2. The molecule has 13 heteroatoms. The molecule has 2 aromatic rings. The summed E-state index contributed by atoms with van der Waals surface area (Å²) in [5.41, 5.74) is -6.79. The average molecular weight is 466 g/mol. The Morgan fingerprint density at radius 3 is 2.42 bits per heavy atom. The van der Waals surface area contributed by atoms with Gasteiger partial charge in [-0.25, -0.2) is 18.5 Å². The number of carboxylic acid groups (broad SMARTS) is 1. The van der Waals surface area contributed by atoms with Crippen LogP contribution >= 0.6 is 11.6 Å². The topological polar surface area (TPSA) is 103 Å². The van der Waals surface area contributed by atoms with Crippen molar-refractivity contribution in [3.05, 3.63) is 61.1 Å². The molecule has 2 rings (SSSR count). The van der Waals surface area contributed by atoms with Gasteiger partial charge in [0.25, 0.3) is 5.56 Å². The maximum absolute atomic E-state index is 14.4. The molecule has 1 atom stereocenters. The summed E-state index contributed by atoms with van der Waals surface area (Å²) in [6.45, 7) is 2.80. The molecule has 0 aliphatic heterocycles. The number of halogens is 5. The van der Waals surface area contributed by atoms with Crippen LogP contribution in [0.1, 0.15) is 31.5 Å². The predicted molar refractivity (Wildman–Crippen MR) is 102 cm³/mol. The molecule has 0 bridgehead atoms. The van der Waals surface area contributed by atoms with E-state index in [4.69, 9.17) is 21.5 Å². The molecule has 0 fully saturated rings. The molecule has 0 spiro atoms. The zero-order valence-electron chi connectivity index (χ0n) is 16.3. The Hall–Kier alpha value is -3.15. The van der Waals surface area contributed by atoms with Crippen LogP contribution in [0.4, 0.5) is 17.6 Å². The van der Waals surface area contributed by atoms with Gasteiger partial charge in [0.1, 0.15) is 11.5 Å². The lowest BCUT2D eigenvalue weighted by atomic mass is 10.1. The second-order valence-corrected chi connectivity index (χ2v) is 6.99. The van der Waals surface area contributed by atoms with Crippen molar-refractivity contribution in [1.29, 1.82) is 0 Å². The maximum Gasteiger partial charge on any atom is 0.431 e. The zero-order chi connectivity index (χ0) is 23.7. The monoisotopic (exact) mass is 465 g/mol. The predicted octanol–water partition coefficient (Wildman–Crippen LogP) is 2.95. The summed E-state index contributed by atoms with van der Waals surface area (Å²) in [6.07, 6.45) is -4.00. The molecular weight excluding hydrogens is 450 g/mol. The Morgan fingerprint density at radius 2 is 1.90 bits per heavy atom. The summed E-state index contributed by atoms with van der Waals surface area (Å²) in [4.78, 5) is 40.7. The number of carbonyl (C=O) groups is 1. The van der Waals surface area contributed by atoms with Crippen molar-refractivity contribution < 1.29 is 32.3 Å². The molecule has 0 amide bonds. The number of aliphatic carboxylic acids is 1. The van der Waals surface area contributed by atoms with E-state index in [1.54, 1.807) is 6.92 Å². The van der Waals surface area contributed by atoms with Crippen LogP contribution in [0.25, 0.3) is 5.69 Å². The van der Waals surface area contributed by atoms with Crippen molar-refractivity contribution in [3.63, 3.8) is 0 Å². The molecule has 1 aromatic carbocycles. The minimum Gasteiger partial charge on any atom is -0.478 e. The van der Waals surface area contributed by atoms with E-state index in [0.29, 0.717) is 0 Å². The van der Waals surface area contributed by atoms with E-state index >= 15 is 0 Å². The summed E-state index contributed by atoms with van der Waals surface area (Å²) in [5, 5.41) is 12.4. The minimum atomic E-state index is -4.98. The summed E-state index contributed by atoms with van der Waals surface area (Å²) in [6, 6.07) is 1.77. The molecule has 8 nitrogen and oxygen atoms in total. The minimum absolute atomic E-state index is 0.0546. The van der Waals surface area contributed by atoms with Crippen LogP contribution in [0.15, 0.2) is 32.9 Å². The molecule has 1 unspecified atom stereocenters. The van der Waals surface area contributed by atoms with E-state index in [9.17, 15) is 31.9 Å². The molecule has 1 N–H and O–H groups in total. The second kappa shape index (κ2) is 8.53. The highest BCUT2D eigenvalue weighted by Gasteiger charge is 2.35. The summed E-state index contributed by atoms with van der Waals surface area (Å²) in [5.74, 6) is -2.45. The highest BCUT2D eigenvalue weighted by molar-refractivity contribution is 6.33. The van der Waals surface area contributed by atoms with Crippen molar-refractivity contribution in [2.24, 2.45) is 12.2 Å². The molecule has 1 heterocycles. The summed E-state index contributed by atoms with van der Waals surface area (Å²) >= 11 is 5.91. The maximum atomic E-state index is 14.4. The van der Waals surface area contributed by atoms with Gasteiger partial charge in [0.15, 0.2) is 0 Å². The van der Waals surface area contributed by atoms with Gasteiger partial charge in [0.2, 0.25) is 5.60 Å². The van der Waals surface area contributed by atoms with E-state index in [0.717, 1.165) is 25.4 Å². The smallest absolute Gasteiger partial charge is 0.431 e. The normalized spacial score (nSPS) is 13.9. The molecule has 31 heavy (non-hydrogen) atoms. The second-order valence-electron chi connectivity index (χ2n) is 6.58. The third-order valence-corrected chi connectivity index (χ3v) is 4.82. The summed E-state index contributed by atoms with van der Waals surface area (Å²) in [7, 11) is 0.780. The van der Waals surface area contributed by atoms with Gasteiger partial charge in [0.05, 0.1) is 16.9 Å². The van der Waals surface area contributed by atoms with E-state index in [1.807, 2.05) is 0 Å². The highest BCUT2D eigenvalue weighted by atomic mass is 35.5. The Kier molecular flexibility index (Phi) is 6.64. The molecule has 0 saturated heterocycles. The number of benzene rings is 1. The molecule has 0 aliphatic carbocycles. The SMILES string of the molecule is CCC(C)(O/N=C/c1cc(-n2c(=O)cc(C(F)(F)F)n(C)c2=O)c(F)cc1Cl)C(=O)O. The number of alkyl halides is 3. The van der Waals surface area contributed by atoms with Gasteiger partial charge in [-0.2, -0.15) is 13.2 Å². The van der Waals surface area contributed by atoms with Crippen LogP contribution in [0.3, 0.4) is 0 Å². The number of nitrogens with zero attached hydrogens (tertiary/aromatic N) is 3. The van der Waals surface area contributed by atoms with Gasteiger partial charge in [-0.1, -0.05) is 23.7 Å². The Balaban J connectivity index is 2.60. The standard InChI is InChI=1S/C18H16ClF4N3O5/c1-4-17(2,15(28)29)31-24-8-9-5-12(11(20)6-10(9)19)26-14(27)7-13(18(21,22)23)25(3)16(26)30/h5-8H,4H2,1-3H3,(H,28,29)/b24-8+. The van der Waals surface area contributed by atoms with Gasteiger partial charge < -0.3 is 9.94 Å². The number of hydrogen-bond acceptors (Lipinski definition) is 5. The number of aromatic nitrogens is 2. The van der Waals surface area contributed by atoms with Crippen LogP contribution in [0.5, 0.6) is 0 Å². The molecule has 1 aromatic heterocycles. The van der Waals surface area contributed by atoms with Crippen LogP contribution in [-0.4, -0.2) is 32.0 Å². The van der Waals surface area contributed by atoms with Crippen molar-refractivity contribution in [1.82, 2.24) is 9.13 Å². The third-order valence-electron chi connectivity index (χ3n) is 4.49. The van der Waals surface area contributed by atoms with E-state index in [-0.39, 0.29) is 32.2 Å². The van der Waals surface area contributed by atoms with Crippen LogP contribution in [-0.2, 0) is 22.9 Å². The lowest BCUT2D eigenvalue weighted by molar-refractivity contribution is -0.163. The Morgan fingerprint density at radius 1 is 1.29 bits per heavy atom. The van der Waals surface area contributed by atoms with Gasteiger partial charge in [-0.05, 0) is 25.5 Å². The number of carboxylic acids is 1. The van der Waals surface area contributed by atoms with E-state index in [1.165, 1.54) is 6.92 Å². The van der Waals surface area contributed by atoms with Crippen LogP contribution in [0, 0.1) is 5.82 Å². The first kappa shape index (κ1) is 24.1. The summed E-state index contributed by atoms with van der Waals surface area (Å²) < 4.78 is 53.8. The quantitative estimate of drug-likeness (QED) is 0.401. The molecule has 0 saturated carbocycles. The van der Waals surface area contributed by atoms with E-state index in [2.05, 4.69) is 5.16 Å². The number of hydrogen-bond donors (Lipinski definition) is 1. The van der Waals surface area contributed by atoms with Gasteiger partial charge >= 0.3 is 17.8 Å². The first-order valence-corrected chi connectivity index (χ1v) is 8.95. The number of oxime groups is 1. The zero-order valence-corrected chi connectivity index (χ0v) is 17.1. The van der Waals surface area contributed by atoms with Crippen molar-refractivity contribution in [3.8, 4) is 5.69 Å². The molecule has 168 valence electrons. The lowest BCUT2D eigenvalue weighted by Gasteiger charge is -2.19. The van der Waals surface area contributed by atoms with Gasteiger partial charge in [-0.3, -0.25) is 9.36 Å². The lowest BCUT2D eigenvalue weighted by Crippen LogP contribution is -2.41. The van der Waals surface area contributed by atoms with Crippen molar-refractivity contribution in [2.75, 3.05) is 0 Å². The van der Waals surface area contributed by atoms with Gasteiger partial charge in [0, 0.05) is 18.7 Å². The van der Waals surface area contributed by atoms with Gasteiger partial charge in [-0.15, -0.1) is 0 Å². The molecular formula is C18H16ClF4N3O5. The highest BCUT2D eigenvalue weighted by Crippen LogP contribution is 2.27. The Bertz CT molecular complexity index is 1170. The fourth-order valence-corrected chi connectivity index (χ4v) is 2.60. The van der Waals surface area contributed by atoms with Crippen LogP contribution < -0.4 is 11.2 Å². The Labute approximate surface area is 176 Å². The number of rotatable bonds is 6. The van der Waals surface area contributed by atoms with Crippen molar-refractivity contribution in [2.45, 2.75) is 32.0 Å². The fourth-order valence-electron chi connectivity index (χ4n) is 2.40. The fraction of sp³-hybridized carbons (Fsp3) is 0.333. The first-order valence-electron chi connectivity index (χ1n) is 8.57. The van der Waals surface area contributed by atoms with Crippen LogP contribution in [0.2, 0.25) is 5.02 Å². The largest absolute Gasteiger partial charge is 0.478 e. The van der Waals surface area contributed by atoms with E-state index < -0.39 is 46.2 Å². The average Bonchev–Trinajstić information content (AvgIpc) is 2.66. The molecule has 0 aliphatic rings. The van der Waals surface area contributed by atoms with Crippen molar-refractivity contribution >= 4 is 23.8 Å². The molecule has 0 radical (unpaired) electrons.